The molecule has 1 aliphatic heterocycles. The lowest BCUT2D eigenvalue weighted by molar-refractivity contribution is -0.176. The van der Waals surface area contributed by atoms with Gasteiger partial charge in [-0.1, -0.05) is 34.6 Å². The van der Waals surface area contributed by atoms with Gasteiger partial charge in [-0.15, -0.1) is 23.1 Å². The predicted octanol–water partition coefficient (Wildman–Crippen LogP) is 6.25. The number of hydrogen-bond donors (Lipinski definition) is 1. The van der Waals surface area contributed by atoms with E-state index in [1.165, 1.54) is 22.2 Å². The molecule has 1 aromatic heterocycles. The van der Waals surface area contributed by atoms with Crippen molar-refractivity contribution in [2.75, 3.05) is 5.73 Å². The number of cyclic esters (lactones) is 1. The number of thiophene rings is 1. The molecule has 2 heterocycles. The lowest BCUT2D eigenvalue weighted by Crippen LogP contribution is -2.52. The van der Waals surface area contributed by atoms with Crippen LogP contribution in [0, 0.1) is 19.8 Å². The van der Waals surface area contributed by atoms with E-state index >= 15 is 0 Å². The molecular weight excluding hydrogens is 438 g/mol. The number of ether oxygens (including phenoxy) is 1. The first-order chi connectivity index (χ1) is 14.8. The van der Waals surface area contributed by atoms with Crippen molar-refractivity contribution in [2.24, 2.45) is 5.92 Å². The van der Waals surface area contributed by atoms with Crippen molar-refractivity contribution in [1.29, 1.82) is 0 Å². The summed E-state index contributed by atoms with van der Waals surface area (Å²) in [6, 6.07) is 6.07. The summed E-state index contributed by atoms with van der Waals surface area (Å²) in [7, 11) is 0. The molecule has 0 bridgehead atoms. The zero-order valence-corrected chi connectivity index (χ0v) is 21.8. The number of aryl methyl sites for hydroxylation is 3. The van der Waals surface area contributed by atoms with E-state index in [2.05, 4.69) is 39.1 Å². The van der Waals surface area contributed by atoms with Crippen LogP contribution in [0.2, 0.25) is 0 Å². The number of carbonyl (C=O) groups is 2. The maximum atomic E-state index is 13.3. The molecule has 2 unspecified atom stereocenters. The summed E-state index contributed by atoms with van der Waals surface area (Å²) in [6.45, 7) is 14.4. The van der Waals surface area contributed by atoms with Crippen molar-refractivity contribution in [2.45, 2.75) is 88.9 Å². The van der Waals surface area contributed by atoms with Crippen LogP contribution < -0.4 is 5.73 Å². The highest BCUT2D eigenvalue weighted by atomic mass is 32.2. The third-order valence-corrected chi connectivity index (χ3v) is 8.87. The molecule has 174 valence electrons. The van der Waals surface area contributed by atoms with E-state index in [-0.39, 0.29) is 23.5 Å². The number of thioether (sulfide) groups is 1. The van der Waals surface area contributed by atoms with E-state index in [0.717, 1.165) is 28.1 Å². The number of esters is 1. The molecule has 1 fully saturated rings. The Bertz CT molecular complexity index is 999. The Morgan fingerprint density at radius 1 is 1.22 bits per heavy atom. The van der Waals surface area contributed by atoms with Gasteiger partial charge in [0.1, 0.15) is 5.60 Å². The standard InChI is InChI=1S/C26H35NO3S2/c1-15(2)26(10-8-21-16(3)9-11-31-21)14-20(28)23(24(29)30-26)32-22-12-17(4)19(27)13-18(22)25(5,6)7/h9,11-13,15,23H,8,10,14,27H2,1-7H3. The molecule has 0 aliphatic carbocycles. The van der Waals surface area contributed by atoms with Gasteiger partial charge in [-0.3, -0.25) is 9.59 Å². The maximum Gasteiger partial charge on any atom is 0.327 e. The van der Waals surface area contributed by atoms with Gasteiger partial charge < -0.3 is 10.5 Å². The van der Waals surface area contributed by atoms with Crippen LogP contribution in [0.4, 0.5) is 5.69 Å². The second kappa shape index (κ2) is 9.22. The number of nitrogen functional groups attached to an aromatic ring is 1. The molecule has 1 aromatic carbocycles. The van der Waals surface area contributed by atoms with E-state index in [1.807, 2.05) is 32.9 Å². The summed E-state index contributed by atoms with van der Waals surface area (Å²) in [4.78, 5) is 28.7. The second-order valence-corrected chi connectivity index (χ2v) is 12.4. The molecule has 0 saturated carbocycles. The highest BCUT2D eigenvalue weighted by molar-refractivity contribution is 8.01. The van der Waals surface area contributed by atoms with Gasteiger partial charge in [0.15, 0.2) is 11.0 Å². The summed E-state index contributed by atoms with van der Waals surface area (Å²) in [5, 5.41) is 1.24. The van der Waals surface area contributed by atoms with Crippen LogP contribution in [-0.4, -0.2) is 22.6 Å². The van der Waals surface area contributed by atoms with Gasteiger partial charge in [-0.05, 0) is 78.3 Å². The van der Waals surface area contributed by atoms with Crippen LogP contribution in [-0.2, 0) is 26.2 Å². The smallest absolute Gasteiger partial charge is 0.327 e. The number of nitrogens with two attached hydrogens (primary N) is 1. The Morgan fingerprint density at radius 3 is 2.44 bits per heavy atom. The maximum absolute atomic E-state index is 13.3. The number of rotatable bonds is 6. The fourth-order valence-corrected chi connectivity index (χ4v) is 6.43. The van der Waals surface area contributed by atoms with E-state index in [4.69, 9.17) is 10.5 Å². The average Bonchev–Trinajstić information content (AvgIpc) is 3.09. The normalized spacial score (nSPS) is 21.8. The fourth-order valence-electron chi connectivity index (χ4n) is 4.17. The molecule has 1 saturated heterocycles. The zero-order chi connectivity index (χ0) is 23.8. The van der Waals surface area contributed by atoms with Crippen molar-refractivity contribution in [1.82, 2.24) is 0 Å². The molecule has 2 aromatic rings. The highest BCUT2D eigenvalue weighted by Gasteiger charge is 2.49. The lowest BCUT2D eigenvalue weighted by Gasteiger charge is -2.41. The number of ketones is 1. The minimum absolute atomic E-state index is 0.0443. The van der Waals surface area contributed by atoms with E-state index < -0.39 is 16.8 Å². The number of hydrogen-bond acceptors (Lipinski definition) is 6. The second-order valence-electron chi connectivity index (χ2n) is 10.3. The first-order valence-corrected chi connectivity index (χ1v) is 13.0. The van der Waals surface area contributed by atoms with Crippen molar-refractivity contribution in [3.8, 4) is 0 Å². The van der Waals surface area contributed by atoms with Gasteiger partial charge in [0.2, 0.25) is 0 Å². The SMILES string of the molecule is Cc1cc(SC2C(=O)CC(CCc3sccc3C)(C(C)C)OC2=O)c(C(C)(C)C)cc1N. The Hall–Kier alpha value is -1.79. The van der Waals surface area contributed by atoms with E-state index in [0.29, 0.717) is 6.42 Å². The van der Waals surface area contributed by atoms with Gasteiger partial charge in [0, 0.05) is 21.9 Å². The molecule has 2 atom stereocenters. The third kappa shape index (κ3) is 5.07. The zero-order valence-electron chi connectivity index (χ0n) is 20.2. The van der Waals surface area contributed by atoms with Gasteiger partial charge in [0.05, 0.1) is 0 Å². The predicted molar refractivity (Wildman–Crippen MR) is 135 cm³/mol. The Balaban J connectivity index is 1.84. The largest absolute Gasteiger partial charge is 0.457 e. The monoisotopic (exact) mass is 473 g/mol. The Labute approximate surface area is 200 Å². The number of Topliss-reactive ketones (excluding diaryl/α,β-unsaturated/α-hetero) is 1. The summed E-state index contributed by atoms with van der Waals surface area (Å²) < 4.78 is 6.11. The van der Waals surface area contributed by atoms with Crippen molar-refractivity contribution in [3.63, 3.8) is 0 Å². The fraction of sp³-hybridized carbons (Fsp3) is 0.538. The molecule has 0 radical (unpaired) electrons. The lowest BCUT2D eigenvalue weighted by atomic mass is 9.79. The number of benzene rings is 1. The van der Waals surface area contributed by atoms with Gasteiger partial charge >= 0.3 is 5.97 Å². The Morgan fingerprint density at radius 2 is 1.91 bits per heavy atom. The summed E-state index contributed by atoms with van der Waals surface area (Å²) in [6.07, 6.45) is 1.73. The van der Waals surface area contributed by atoms with Gasteiger partial charge in [0.25, 0.3) is 0 Å². The minimum Gasteiger partial charge on any atom is -0.457 e. The minimum atomic E-state index is -0.838. The number of carbonyl (C=O) groups excluding carboxylic acids is 2. The quantitative estimate of drug-likeness (QED) is 0.305. The first-order valence-electron chi connectivity index (χ1n) is 11.2. The van der Waals surface area contributed by atoms with Crippen molar-refractivity contribution >= 4 is 40.5 Å². The number of anilines is 1. The van der Waals surface area contributed by atoms with Gasteiger partial charge in [-0.25, -0.2) is 0 Å². The molecular formula is C26H35NO3S2. The summed E-state index contributed by atoms with van der Waals surface area (Å²) in [5.41, 5.74) is 9.22. The van der Waals surface area contributed by atoms with Crippen molar-refractivity contribution in [3.05, 3.63) is 45.1 Å². The van der Waals surface area contributed by atoms with Crippen LogP contribution in [0.5, 0.6) is 0 Å². The van der Waals surface area contributed by atoms with Crippen LogP contribution in [0.1, 0.15) is 69.0 Å². The molecule has 3 rings (SSSR count). The average molecular weight is 474 g/mol. The molecule has 6 heteroatoms. The van der Waals surface area contributed by atoms with Crippen LogP contribution in [0.25, 0.3) is 0 Å². The van der Waals surface area contributed by atoms with Crippen molar-refractivity contribution < 1.29 is 14.3 Å². The topological polar surface area (TPSA) is 69.4 Å². The van der Waals surface area contributed by atoms with Crippen LogP contribution >= 0.6 is 23.1 Å². The molecule has 0 spiro atoms. The third-order valence-electron chi connectivity index (χ3n) is 6.50. The van der Waals surface area contributed by atoms with Gasteiger partial charge in [-0.2, -0.15) is 0 Å². The Kier molecular flexibility index (Phi) is 7.16. The highest BCUT2D eigenvalue weighted by Crippen LogP contribution is 2.43. The first kappa shape index (κ1) is 24.8. The molecule has 32 heavy (non-hydrogen) atoms. The molecule has 4 nitrogen and oxygen atoms in total. The molecule has 0 amide bonds. The van der Waals surface area contributed by atoms with E-state index in [1.54, 1.807) is 11.3 Å². The summed E-state index contributed by atoms with van der Waals surface area (Å²) in [5.74, 6) is -0.403. The molecule has 1 aliphatic rings. The van der Waals surface area contributed by atoms with Crippen LogP contribution in [0.3, 0.4) is 0 Å². The van der Waals surface area contributed by atoms with E-state index in [9.17, 15) is 9.59 Å². The van der Waals surface area contributed by atoms with Crippen LogP contribution in [0.15, 0.2) is 28.5 Å². The molecule has 2 N–H and O–H groups in total. The summed E-state index contributed by atoms with van der Waals surface area (Å²) >= 11 is 3.03.